The van der Waals surface area contributed by atoms with Crippen LogP contribution < -0.4 is 5.32 Å². The first-order valence-corrected chi connectivity index (χ1v) is 10.1. The average Bonchev–Trinajstić information content (AvgIpc) is 3.09. The Kier molecular flexibility index (Phi) is 4.19. The molecular formula is C22H18Cl2N4O. The highest BCUT2D eigenvalue weighted by Gasteiger charge is 2.54. The zero-order chi connectivity index (χ0) is 20.2. The Balaban J connectivity index is 1.42. The van der Waals surface area contributed by atoms with E-state index in [0.717, 1.165) is 28.6 Å². The molecule has 2 aromatic carbocycles. The summed E-state index contributed by atoms with van der Waals surface area (Å²) in [7, 11) is 0. The molecule has 0 saturated heterocycles. The van der Waals surface area contributed by atoms with Gasteiger partial charge >= 0.3 is 0 Å². The van der Waals surface area contributed by atoms with Gasteiger partial charge in [0, 0.05) is 32.7 Å². The van der Waals surface area contributed by atoms with Gasteiger partial charge in [-0.15, -0.1) is 0 Å². The van der Waals surface area contributed by atoms with E-state index in [0.29, 0.717) is 21.7 Å². The molecule has 1 aliphatic carbocycles. The Morgan fingerprint density at radius 3 is 2.62 bits per heavy atom. The van der Waals surface area contributed by atoms with E-state index >= 15 is 0 Å². The zero-order valence-electron chi connectivity index (χ0n) is 15.6. The molecule has 1 amide bonds. The number of fused-ring (bicyclic) bond motifs is 1. The number of benzene rings is 2. The molecule has 2 atom stereocenters. The second-order valence-electron chi connectivity index (χ2n) is 7.60. The van der Waals surface area contributed by atoms with E-state index in [1.165, 1.54) is 0 Å². The lowest BCUT2D eigenvalue weighted by Gasteiger charge is -2.17. The molecule has 1 fully saturated rings. The second-order valence-corrected chi connectivity index (χ2v) is 8.47. The van der Waals surface area contributed by atoms with Crippen LogP contribution in [0.4, 0.5) is 0 Å². The SMILES string of the molecule is C[C@H]1C[C@@]1(NC(=O)c1cc2cc(Cl)ccc2[nH]1)c1cnn(-c2ccc(Cl)cc2)c1. The van der Waals surface area contributed by atoms with Gasteiger partial charge in [-0.1, -0.05) is 30.1 Å². The van der Waals surface area contributed by atoms with Crippen LogP contribution in [0.15, 0.2) is 60.9 Å². The summed E-state index contributed by atoms with van der Waals surface area (Å²) in [5, 5.41) is 9.94. The minimum Gasteiger partial charge on any atom is -0.351 e. The van der Waals surface area contributed by atoms with Gasteiger partial charge < -0.3 is 10.3 Å². The van der Waals surface area contributed by atoms with Gasteiger partial charge in [-0.2, -0.15) is 5.10 Å². The lowest BCUT2D eigenvalue weighted by Crippen LogP contribution is -2.36. The number of amides is 1. The Bertz CT molecular complexity index is 1230. The number of carbonyl (C=O) groups excluding carboxylic acids is 1. The largest absolute Gasteiger partial charge is 0.351 e. The molecule has 1 aliphatic rings. The molecule has 2 N–H and O–H groups in total. The van der Waals surface area contributed by atoms with Gasteiger partial charge in [-0.25, -0.2) is 4.68 Å². The predicted octanol–water partition coefficient (Wildman–Crippen LogP) is 5.33. The number of hydrogen-bond acceptors (Lipinski definition) is 2. The van der Waals surface area contributed by atoms with Crippen molar-refractivity contribution in [1.82, 2.24) is 20.1 Å². The Hall–Kier alpha value is -2.76. The highest BCUT2D eigenvalue weighted by atomic mass is 35.5. The Labute approximate surface area is 177 Å². The van der Waals surface area contributed by atoms with E-state index in [9.17, 15) is 4.79 Å². The normalized spacial score (nSPS) is 20.7. The molecule has 2 aromatic heterocycles. The van der Waals surface area contributed by atoms with Gasteiger partial charge in [0.1, 0.15) is 5.69 Å². The number of hydrogen-bond donors (Lipinski definition) is 2. The number of nitrogens with zero attached hydrogens (tertiary/aromatic N) is 2. The van der Waals surface area contributed by atoms with Crippen molar-refractivity contribution >= 4 is 40.0 Å². The molecule has 7 heteroatoms. The molecule has 0 spiro atoms. The molecule has 0 unspecified atom stereocenters. The summed E-state index contributed by atoms with van der Waals surface area (Å²) in [5.41, 5.74) is 2.91. The van der Waals surface area contributed by atoms with Crippen molar-refractivity contribution < 1.29 is 4.79 Å². The third-order valence-electron chi connectivity index (χ3n) is 5.66. The molecule has 1 saturated carbocycles. The average molecular weight is 425 g/mol. The minimum atomic E-state index is -0.406. The minimum absolute atomic E-state index is 0.138. The first-order chi connectivity index (χ1) is 13.9. The van der Waals surface area contributed by atoms with Crippen LogP contribution in [0.3, 0.4) is 0 Å². The topological polar surface area (TPSA) is 62.7 Å². The van der Waals surface area contributed by atoms with Crippen LogP contribution in [-0.4, -0.2) is 20.7 Å². The van der Waals surface area contributed by atoms with Crippen molar-refractivity contribution in [1.29, 1.82) is 0 Å². The Morgan fingerprint density at radius 2 is 1.90 bits per heavy atom. The van der Waals surface area contributed by atoms with Crippen LogP contribution >= 0.6 is 23.2 Å². The second kappa shape index (κ2) is 6.65. The number of nitrogens with one attached hydrogen (secondary N) is 2. The van der Waals surface area contributed by atoms with E-state index in [4.69, 9.17) is 23.2 Å². The molecule has 29 heavy (non-hydrogen) atoms. The summed E-state index contributed by atoms with van der Waals surface area (Å²) in [4.78, 5) is 16.1. The van der Waals surface area contributed by atoms with Gasteiger partial charge in [-0.05, 0) is 60.9 Å². The van der Waals surface area contributed by atoms with Gasteiger partial charge in [0.05, 0.1) is 17.4 Å². The van der Waals surface area contributed by atoms with Gasteiger partial charge in [-0.3, -0.25) is 4.79 Å². The van der Waals surface area contributed by atoms with Crippen LogP contribution in [-0.2, 0) is 5.54 Å². The summed E-state index contributed by atoms with van der Waals surface area (Å²) < 4.78 is 1.80. The predicted molar refractivity (Wildman–Crippen MR) is 115 cm³/mol. The Morgan fingerprint density at radius 1 is 1.17 bits per heavy atom. The standard InChI is InChI=1S/C22H18Cl2N4O/c1-13-10-22(13,15-11-25-28(12-15)18-5-2-16(23)3-6-18)27-21(29)20-9-14-8-17(24)4-7-19(14)26-20/h2-9,11-13,26H,10H2,1H3,(H,27,29)/t13-,22-/m0/s1. The number of rotatable bonds is 4. The van der Waals surface area contributed by atoms with Crippen molar-refractivity contribution in [2.75, 3.05) is 0 Å². The molecule has 0 aliphatic heterocycles. The van der Waals surface area contributed by atoms with Crippen molar-refractivity contribution in [2.24, 2.45) is 5.92 Å². The summed E-state index contributed by atoms with van der Waals surface area (Å²) >= 11 is 12.0. The summed E-state index contributed by atoms with van der Waals surface area (Å²) in [6.45, 7) is 2.13. The van der Waals surface area contributed by atoms with Crippen LogP contribution in [0.25, 0.3) is 16.6 Å². The number of aromatic amines is 1. The lowest BCUT2D eigenvalue weighted by molar-refractivity contribution is 0.0923. The number of carbonyl (C=O) groups is 1. The van der Waals surface area contributed by atoms with Gasteiger partial charge in [0.15, 0.2) is 0 Å². The smallest absolute Gasteiger partial charge is 0.268 e. The highest BCUT2D eigenvalue weighted by molar-refractivity contribution is 6.31. The highest BCUT2D eigenvalue weighted by Crippen LogP contribution is 2.51. The first-order valence-electron chi connectivity index (χ1n) is 9.36. The van der Waals surface area contributed by atoms with Crippen molar-refractivity contribution in [2.45, 2.75) is 18.9 Å². The molecule has 0 bridgehead atoms. The van der Waals surface area contributed by atoms with E-state index < -0.39 is 5.54 Å². The maximum absolute atomic E-state index is 13.0. The van der Waals surface area contributed by atoms with Crippen molar-refractivity contribution in [3.8, 4) is 5.69 Å². The van der Waals surface area contributed by atoms with Crippen LogP contribution in [0, 0.1) is 5.92 Å². The molecule has 4 aromatic rings. The monoisotopic (exact) mass is 424 g/mol. The van der Waals surface area contributed by atoms with Crippen molar-refractivity contribution in [3.63, 3.8) is 0 Å². The summed E-state index contributed by atoms with van der Waals surface area (Å²) in [6, 6.07) is 14.8. The van der Waals surface area contributed by atoms with E-state index in [-0.39, 0.29) is 5.91 Å². The van der Waals surface area contributed by atoms with Crippen LogP contribution in [0.2, 0.25) is 10.0 Å². The molecule has 2 heterocycles. The fourth-order valence-electron chi connectivity index (χ4n) is 3.86. The van der Waals surface area contributed by atoms with E-state index in [2.05, 4.69) is 22.3 Å². The van der Waals surface area contributed by atoms with Gasteiger partial charge in [0.2, 0.25) is 0 Å². The van der Waals surface area contributed by atoms with Crippen LogP contribution in [0.5, 0.6) is 0 Å². The lowest BCUT2D eigenvalue weighted by atomic mass is 10.1. The third kappa shape index (κ3) is 3.20. The molecule has 0 radical (unpaired) electrons. The number of H-pyrrole nitrogens is 1. The zero-order valence-corrected chi connectivity index (χ0v) is 17.1. The van der Waals surface area contributed by atoms with Crippen LogP contribution in [0.1, 0.15) is 29.4 Å². The summed E-state index contributed by atoms with van der Waals surface area (Å²) in [6.07, 6.45) is 4.67. The first kappa shape index (κ1) is 18.3. The van der Waals surface area contributed by atoms with Gasteiger partial charge in [0.25, 0.3) is 5.91 Å². The van der Waals surface area contributed by atoms with E-state index in [1.54, 1.807) is 10.7 Å². The number of aromatic nitrogens is 3. The molecule has 146 valence electrons. The maximum atomic E-state index is 13.0. The molecule has 5 nitrogen and oxygen atoms in total. The van der Waals surface area contributed by atoms with E-state index in [1.807, 2.05) is 54.9 Å². The third-order valence-corrected chi connectivity index (χ3v) is 6.15. The maximum Gasteiger partial charge on any atom is 0.268 e. The number of halogens is 2. The quantitative estimate of drug-likeness (QED) is 0.465. The fourth-order valence-corrected chi connectivity index (χ4v) is 4.16. The molecular weight excluding hydrogens is 407 g/mol. The van der Waals surface area contributed by atoms with Crippen molar-refractivity contribution in [3.05, 3.63) is 82.2 Å². The molecule has 5 rings (SSSR count). The summed E-state index contributed by atoms with van der Waals surface area (Å²) in [5.74, 6) is 0.189. The fraction of sp³-hybridized carbons (Fsp3) is 0.182.